The van der Waals surface area contributed by atoms with E-state index in [1.165, 1.54) is 0 Å². The predicted octanol–water partition coefficient (Wildman–Crippen LogP) is 1.36. The Morgan fingerprint density at radius 1 is 1.47 bits per heavy atom. The van der Waals surface area contributed by atoms with Crippen LogP contribution < -0.4 is 5.73 Å². The van der Waals surface area contributed by atoms with Crippen molar-refractivity contribution >= 4 is 0 Å². The summed E-state index contributed by atoms with van der Waals surface area (Å²) in [5.74, 6) is -1.89. The largest absolute Gasteiger partial charge is 0.335 e. The molecule has 3 nitrogen and oxygen atoms in total. The summed E-state index contributed by atoms with van der Waals surface area (Å²) in [6.07, 6.45) is 4.50. The van der Waals surface area contributed by atoms with Crippen molar-refractivity contribution in [3.63, 3.8) is 0 Å². The molecule has 0 saturated heterocycles. The molecular formula is C10H15F2N3. The number of halogens is 2. The minimum atomic E-state index is -2.83. The van der Waals surface area contributed by atoms with Crippen molar-refractivity contribution in [1.29, 1.82) is 0 Å². The van der Waals surface area contributed by atoms with E-state index < -0.39 is 12.5 Å². The van der Waals surface area contributed by atoms with E-state index in [9.17, 15) is 8.78 Å². The van der Waals surface area contributed by atoms with E-state index in [4.69, 9.17) is 5.73 Å². The van der Waals surface area contributed by atoms with Gasteiger partial charge in [0.15, 0.2) is 0 Å². The van der Waals surface area contributed by atoms with E-state index in [2.05, 4.69) is 4.98 Å². The average Bonchev–Trinajstić information content (AvgIpc) is 2.58. The van der Waals surface area contributed by atoms with Crippen LogP contribution in [0.15, 0.2) is 6.20 Å². The molecule has 0 amide bonds. The van der Waals surface area contributed by atoms with Gasteiger partial charge in [0.1, 0.15) is 5.82 Å². The minimum Gasteiger partial charge on any atom is -0.335 e. The fraction of sp³-hybridized carbons (Fsp3) is 0.700. The van der Waals surface area contributed by atoms with Gasteiger partial charge in [-0.25, -0.2) is 13.8 Å². The van der Waals surface area contributed by atoms with Crippen LogP contribution in [0.25, 0.3) is 0 Å². The number of hydrogen-bond donors (Lipinski definition) is 1. The van der Waals surface area contributed by atoms with Crippen molar-refractivity contribution in [3.8, 4) is 0 Å². The van der Waals surface area contributed by atoms with Crippen LogP contribution in [0.5, 0.6) is 0 Å². The molecule has 1 aliphatic heterocycles. The summed E-state index contributed by atoms with van der Waals surface area (Å²) in [6, 6.07) is 0. The maximum atomic E-state index is 13.0. The van der Waals surface area contributed by atoms with Gasteiger partial charge in [-0.15, -0.1) is 0 Å². The van der Waals surface area contributed by atoms with Gasteiger partial charge in [0.05, 0.1) is 18.7 Å². The van der Waals surface area contributed by atoms with Crippen LogP contribution in [-0.2, 0) is 19.4 Å². The Morgan fingerprint density at radius 2 is 2.27 bits per heavy atom. The van der Waals surface area contributed by atoms with Gasteiger partial charge in [-0.05, 0) is 12.8 Å². The van der Waals surface area contributed by atoms with Crippen LogP contribution in [0.3, 0.4) is 0 Å². The highest BCUT2D eigenvalue weighted by Gasteiger charge is 2.29. The molecule has 0 atom stereocenters. The molecular weight excluding hydrogens is 200 g/mol. The number of fused-ring (bicyclic) bond motifs is 1. The third-order valence-electron chi connectivity index (χ3n) is 2.70. The van der Waals surface area contributed by atoms with Gasteiger partial charge in [0.2, 0.25) is 0 Å². The first-order valence-corrected chi connectivity index (χ1v) is 5.23. The number of hydrogen-bond acceptors (Lipinski definition) is 2. The van der Waals surface area contributed by atoms with Gasteiger partial charge < -0.3 is 10.3 Å². The molecule has 0 saturated carbocycles. The minimum absolute atomic E-state index is 0.344. The van der Waals surface area contributed by atoms with Gasteiger partial charge in [-0.2, -0.15) is 0 Å². The number of aromatic nitrogens is 2. The first-order chi connectivity index (χ1) is 7.11. The van der Waals surface area contributed by atoms with E-state index in [1.807, 2.05) is 4.57 Å². The quantitative estimate of drug-likeness (QED) is 0.827. The smallest absolute Gasteiger partial charge is 0.265 e. The second kappa shape index (κ2) is 3.89. The van der Waals surface area contributed by atoms with Crippen molar-refractivity contribution in [2.24, 2.45) is 5.73 Å². The lowest BCUT2D eigenvalue weighted by Gasteiger charge is -2.12. The zero-order chi connectivity index (χ0) is 10.9. The summed E-state index contributed by atoms with van der Waals surface area (Å²) in [4.78, 5) is 4.21. The van der Waals surface area contributed by atoms with Crippen LogP contribution in [-0.4, -0.2) is 22.0 Å². The predicted molar refractivity (Wildman–Crippen MR) is 52.9 cm³/mol. The third kappa shape index (κ3) is 2.34. The Hall–Kier alpha value is -0.970. The molecule has 0 fully saturated rings. The highest BCUT2D eigenvalue weighted by atomic mass is 19.3. The second-order valence-corrected chi connectivity index (χ2v) is 4.04. The van der Waals surface area contributed by atoms with Gasteiger partial charge >= 0.3 is 0 Å². The fourth-order valence-electron chi connectivity index (χ4n) is 1.89. The standard InChI is InChI=1S/C10H15F2N3/c11-10(12,7-13)5-8-6-15-4-2-1-3-9(15)14-8/h6H,1-5,7,13H2. The fourth-order valence-corrected chi connectivity index (χ4v) is 1.89. The van der Waals surface area contributed by atoms with E-state index in [0.717, 1.165) is 31.6 Å². The molecule has 2 N–H and O–H groups in total. The van der Waals surface area contributed by atoms with Gasteiger partial charge in [-0.1, -0.05) is 0 Å². The number of aryl methyl sites for hydroxylation is 2. The summed E-state index contributed by atoms with van der Waals surface area (Å²) in [7, 11) is 0. The van der Waals surface area contributed by atoms with Crippen molar-refractivity contribution < 1.29 is 8.78 Å². The lowest BCUT2D eigenvalue weighted by Crippen LogP contribution is -2.30. The van der Waals surface area contributed by atoms with Crippen LogP contribution in [0.2, 0.25) is 0 Å². The van der Waals surface area contributed by atoms with Gasteiger partial charge in [0.25, 0.3) is 5.92 Å². The first-order valence-electron chi connectivity index (χ1n) is 5.23. The van der Waals surface area contributed by atoms with Crippen molar-refractivity contribution in [2.75, 3.05) is 6.54 Å². The van der Waals surface area contributed by atoms with E-state index in [0.29, 0.717) is 5.69 Å². The lowest BCUT2D eigenvalue weighted by molar-refractivity contribution is 0.0106. The highest BCUT2D eigenvalue weighted by Crippen LogP contribution is 2.20. The number of rotatable bonds is 3. The van der Waals surface area contributed by atoms with Crippen LogP contribution in [0.4, 0.5) is 8.78 Å². The van der Waals surface area contributed by atoms with Crippen LogP contribution >= 0.6 is 0 Å². The first kappa shape index (κ1) is 10.5. The third-order valence-corrected chi connectivity index (χ3v) is 2.70. The number of nitrogens with zero attached hydrogens (tertiary/aromatic N) is 2. The molecule has 15 heavy (non-hydrogen) atoms. The molecule has 1 aromatic heterocycles. The molecule has 0 aromatic carbocycles. The van der Waals surface area contributed by atoms with E-state index in [-0.39, 0.29) is 6.42 Å². The number of nitrogens with two attached hydrogens (primary N) is 1. The van der Waals surface area contributed by atoms with Crippen molar-refractivity contribution in [1.82, 2.24) is 9.55 Å². The Bertz CT molecular complexity index is 323. The molecule has 1 aliphatic rings. The SMILES string of the molecule is NCC(F)(F)Cc1cn2c(n1)CCCC2. The highest BCUT2D eigenvalue weighted by molar-refractivity contribution is 5.08. The summed E-state index contributed by atoms with van der Waals surface area (Å²) in [5.41, 5.74) is 5.45. The molecule has 2 heterocycles. The molecule has 84 valence electrons. The molecule has 0 bridgehead atoms. The molecule has 5 heteroatoms. The maximum absolute atomic E-state index is 13.0. The topological polar surface area (TPSA) is 43.8 Å². The molecule has 0 unspecified atom stereocenters. The Morgan fingerprint density at radius 3 is 2.93 bits per heavy atom. The average molecular weight is 215 g/mol. The maximum Gasteiger partial charge on any atom is 0.265 e. The molecule has 0 aliphatic carbocycles. The van der Waals surface area contributed by atoms with E-state index in [1.54, 1.807) is 6.20 Å². The Kier molecular flexibility index (Phi) is 2.73. The molecule has 0 spiro atoms. The van der Waals surface area contributed by atoms with Crippen molar-refractivity contribution in [2.45, 2.75) is 38.2 Å². The zero-order valence-corrected chi connectivity index (χ0v) is 8.55. The molecule has 2 rings (SSSR count). The van der Waals surface area contributed by atoms with Crippen molar-refractivity contribution in [3.05, 3.63) is 17.7 Å². The monoisotopic (exact) mass is 215 g/mol. The van der Waals surface area contributed by atoms with Gasteiger partial charge in [-0.3, -0.25) is 0 Å². The lowest BCUT2D eigenvalue weighted by atomic mass is 10.2. The Balaban J connectivity index is 2.13. The molecule has 1 aromatic rings. The van der Waals surface area contributed by atoms with Crippen LogP contribution in [0, 0.1) is 0 Å². The van der Waals surface area contributed by atoms with Crippen LogP contribution in [0.1, 0.15) is 24.4 Å². The van der Waals surface area contributed by atoms with Gasteiger partial charge in [0, 0.05) is 19.2 Å². The summed E-state index contributed by atoms with van der Waals surface area (Å²) >= 11 is 0. The summed E-state index contributed by atoms with van der Waals surface area (Å²) in [6.45, 7) is 0.283. The zero-order valence-electron chi connectivity index (χ0n) is 8.55. The van der Waals surface area contributed by atoms with E-state index >= 15 is 0 Å². The normalized spacial score (nSPS) is 16.5. The summed E-state index contributed by atoms with van der Waals surface area (Å²) in [5, 5.41) is 0. The molecule has 0 radical (unpaired) electrons. The number of alkyl halides is 2. The summed E-state index contributed by atoms with van der Waals surface area (Å²) < 4.78 is 28.0. The number of imidazole rings is 1. The Labute approximate surface area is 87.3 Å². The second-order valence-electron chi connectivity index (χ2n) is 4.04.